The number of halogens is 2. The van der Waals surface area contributed by atoms with Crippen molar-refractivity contribution in [1.29, 1.82) is 0 Å². The van der Waals surface area contributed by atoms with E-state index in [1.807, 2.05) is 31.2 Å². The molecule has 3 rings (SSSR count). The molecule has 108 valence electrons. The normalized spacial score (nSPS) is 16.9. The van der Waals surface area contributed by atoms with Crippen LogP contribution in [0, 0.1) is 0 Å². The van der Waals surface area contributed by atoms with Crippen molar-refractivity contribution in [3.05, 3.63) is 57.6 Å². The number of carbonyl (C=O) groups is 1. The fraction of sp³-hybridized carbons (Fsp3) is 0.188. The van der Waals surface area contributed by atoms with Crippen LogP contribution in [0.3, 0.4) is 0 Å². The van der Waals surface area contributed by atoms with Crippen LogP contribution in [0.1, 0.15) is 22.8 Å². The van der Waals surface area contributed by atoms with Gasteiger partial charge in [-0.1, -0.05) is 41.4 Å². The van der Waals surface area contributed by atoms with Crippen LogP contribution in [0.15, 0.2) is 36.4 Å². The SMILES string of the molecule is CC1Cc2ccccc2N1C(=O)c1cc(Cl)c(N)c(Cl)c1. The predicted molar refractivity (Wildman–Crippen MR) is 87.3 cm³/mol. The van der Waals surface area contributed by atoms with Crippen LogP contribution >= 0.6 is 23.2 Å². The van der Waals surface area contributed by atoms with Crippen molar-refractivity contribution in [3.8, 4) is 0 Å². The topological polar surface area (TPSA) is 46.3 Å². The van der Waals surface area contributed by atoms with Crippen molar-refractivity contribution in [1.82, 2.24) is 0 Å². The first-order chi connectivity index (χ1) is 9.99. The number of fused-ring (bicyclic) bond motifs is 1. The molecule has 0 radical (unpaired) electrons. The van der Waals surface area contributed by atoms with Crippen molar-refractivity contribution < 1.29 is 4.79 Å². The molecular formula is C16H14Cl2N2O. The van der Waals surface area contributed by atoms with Crippen molar-refractivity contribution in [2.45, 2.75) is 19.4 Å². The van der Waals surface area contributed by atoms with Crippen LogP contribution in [-0.2, 0) is 6.42 Å². The summed E-state index contributed by atoms with van der Waals surface area (Å²) in [6, 6.07) is 11.2. The first-order valence-electron chi connectivity index (χ1n) is 6.65. The lowest BCUT2D eigenvalue weighted by molar-refractivity contribution is 0.0981. The molecular weight excluding hydrogens is 307 g/mol. The van der Waals surface area contributed by atoms with E-state index >= 15 is 0 Å². The third-order valence-electron chi connectivity index (χ3n) is 3.75. The van der Waals surface area contributed by atoms with Crippen LogP contribution in [0.2, 0.25) is 10.0 Å². The highest BCUT2D eigenvalue weighted by atomic mass is 35.5. The maximum absolute atomic E-state index is 12.8. The number of nitrogen functional groups attached to an aromatic ring is 1. The lowest BCUT2D eigenvalue weighted by atomic mass is 10.1. The highest BCUT2D eigenvalue weighted by molar-refractivity contribution is 6.39. The minimum absolute atomic E-state index is 0.102. The Labute approximate surface area is 133 Å². The smallest absolute Gasteiger partial charge is 0.258 e. The summed E-state index contributed by atoms with van der Waals surface area (Å²) in [4.78, 5) is 14.6. The summed E-state index contributed by atoms with van der Waals surface area (Å²) < 4.78 is 0. The summed E-state index contributed by atoms with van der Waals surface area (Å²) in [7, 11) is 0. The van der Waals surface area contributed by atoms with Crippen molar-refractivity contribution in [2.24, 2.45) is 0 Å². The van der Waals surface area contributed by atoms with Crippen LogP contribution < -0.4 is 10.6 Å². The maximum Gasteiger partial charge on any atom is 0.258 e. The molecule has 0 saturated heterocycles. The van der Waals surface area contributed by atoms with Gasteiger partial charge in [0.15, 0.2) is 0 Å². The Morgan fingerprint density at radius 3 is 2.52 bits per heavy atom. The average Bonchev–Trinajstić information content (AvgIpc) is 2.79. The molecule has 2 N–H and O–H groups in total. The fourth-order valence-corrected chi connectivity index (χ4v) is 3.21. The second-order valence-corrected chi connectivity index (χ2v) is 6.02. The Balaban J connectivity index is 2.03. The van der Waals surface area contributed by atoms with Crippen molar-refractivity contribution in [3.63, 3.8) is 0 Å². The number of hydrogen-bond donors (Lipinski definition) is 1. The molecule has 1 unspecified atom stereocenters. The lowest BCUT2D eigenvalue weighted by Crippen LogP contribution is -2.35. The molecule has 0 saturated carbocycles. The van der Waals surface area contributed by atoms with Crippen LogP contribution in [-0.4, -0.2) is 11.9 Å². The van der Waals surface area contributed by atoms with Crippen LogP contribution in [0.5, 0.6) is 0 Å². The van der Waals surface area contributed by atoms with E-state index in [0.717, 1.165) is 12.1 Å². The molecule has 21 heavy (non-hydrogen) atoms. The molecule has 1 amide bonds. The van der Waals surface area contributed by atoms with Crippen molar-refractivity contribution in [2.75, 3.05) is 10.6 Å². The highest BCUT2D eigenvalue weighted by Gasteiger charge is 2.31. The van der Waals surface area contributed by atoms with E-state index in [1.54, 1.807) is 17.0 Å². The third-order valence-corrected chi connectivity index (χ3v) is 4.38. The van der Waals surface area contributed by atoms with Crippen molar-refractivity contribution >= 4 is 40.5 Å². The summed E-state index contributed by atoms with van der Waals surface area (Å²) in [5.41, 5.74) is 8.58. The second kappa shape index (κ2) is 5.24. The molecule has 1 aliphatic rings. The zero-order valence-electron chi connectivity index (χ0n) is 11.4. The number of nitrogens with zero attached hydrogens (tertiary/aromatic N) is 1. The van der Waals surface area contributed by atoms with E-state index in [0.29, 0.717) is 21.3 Å². The Hall–Kier alpha value is -1.71. The summed E-state index contributed by atoms with van der Waals surface area (Å²) in [5, 5.41) is 0.594. The molecule has 5 heteroatoms. The Kier molecular flexibility index (Phi) is 3.56. The molecule has 0 aliphatic carbocycles. The summed E-state index contributed by atoms with van der Waals surface area (Å²) in [6.07, 6.45) is 0.846. The van der Waals surface area contributed by atoms with E-state index < -0.39 is 0 Å². The molecule has 0 bridgehead atoms. The second-order valence-electron chi connectivity index (χ2n) is 5.21. The lowest BCUT2D eigenvalue weighted by Gasteiger charge is -2.23. The minimum Gasteiger partial charge on any atom is -0.396 e. The van der Waals surface area contributed by atoms with Gasteiger partial charge in [0, 0.05) is 17.3 Å². The first kappa shape index (κ1) is 14.2. The van der Waals surface area contributed by atoms with Gasteiger partial charge in [0.1, 0.15) is 0 Å². The number of nitrogens with two attached hydrogens (primary N) is 1. The number of benzene rings is 2. The monoisotopic (exact) mass is 320 g/mol. The largest absolute Gasteiger partial charge is 0.396 e. The zero-order valence-corrected chi connectivity index (χ0v) is 12.9. The molecule has 2 aromatic carbocycles. The Bertz CT molecular complexity index is 707. The fourth-order valence-electron chi connectivity index (χ4n) is 2.72. The highest BCUT2D eigenvalue weighted by Crippen LogP contribution is 2.35. The number of anilines is 2. The Morgan fingerprint density at radius 1 is 1.24 bits per heavy atom. The molecule has 1 atom stereocenters. The van der Waals surface area contributed by atoms with E-state index in [-0.39, 0.29) is 11.9 Å². The van der Waals surface area contributed by atoms with Gasteiger partial charge in [-0.05, 0) is 37.1 Å². The van der Waals surface area contributed by atoms with Gasteiger partial charge >= 0.3 is 0 Å². The number of carbonyl (C=O) groups excluding carboxylic acids is 1. The van der Waals surface area contributed by atoms with E-state index in [1.165, 1.54) is 5.56 Å². The summed E-state index contributed by atoms with van der Waals surface area (Å²) >= 11 is 12.1. The predicted octanol–water partition coefficient (Wildman–Crippen LogP) is 4.17. The number of rotatable bonds is 1. The quantitative estimate of drug-likeness (QED) is 0.802. The zero-order chi connectivity index (χ0) is 15.1. The maximum atomic E-state index is 12.8. The molecule has 0 spiro atoms. The Morgan fingerprint density at radius 2 is 1.86 bits per heavy atom. The number of para-hydroxylation sites is 1. The van der Waals surface area contributed by atoms with Gasteiger partial charge in [0.2, 0.25) is 0 Å². The first-order valence-corrected chi connectivity index (χ1v) is 7.40. The minimum atomic E-state index is -0.115. The molecule has 0 fully saturated rings. The van der Waals surface area contributed by atoms with E-state index in [9.17, 15) is 4.79 Å². The van der Waals surface area contributed by atoms with Gasteiger partial charge in [-0.25, -0.2) is 0 Å². The van der Waals surface area contributed by atoms with E-state index in [2.05, 4.69) is 0 Å². The van der Waals surface area contributed by atoms with E-state index in [4.69, 9.17) is 28.9 Å². The van der Waals surface area contributed by atoms with Crippen LogP contribution in [0.25, 0.3) is 0 Å². The summed E-state index contributed by atoms with van der Waals surface area (Å²) in [5.74, 6) is -0.115. The molecule has 0 aromatic heterocycles. The van der Waals surface area contributed by atoms with Gasteiger partial charge in [-0.15, -0.1) is 0 Å². The molecule has 2 aromatic rings. The average molecular weight is 321 g/mol. The third kappa shape index (κ3) is 2.37. The van der Waals surface area contributed by atoms with Crippen LogP contribution in [0.4, 0.5) is 11.4 Å². The number of amides is 1. The van der Waals surface area contributed by atoms with Gasteiger partial charge in [0.25, 0.3) is 5.91 Å². The summed E-state index contributed by atoms with van der Waals surface area (Å²) in [6.45, 7) is 2.03. The van der Waals surface area contributed by atoms with Gasteiger partial charge < -0.3 is 10.6 Å². The van der Waals surface area contributed by atoms with Gasteiger partial charge in [-0.3, -0.25) is 4.79 Å². The molecule has 1 heterocycles. The molecule has 3 nitrogen and oxygen atoms in total. The standard InChI is InChI=1S/C16H14Cl2N2O/c1-9-6-10-4-2-3-5-14(10)20(9)16(21)11-7-12(17)15(19)13(18)8-11/h2-5,7-9H,6,19H2,1H3. The molecule has 1 aliphatic heterocycles. The number of hydrogen-bond acceptors (Lipinski definition) is 2. The van der Waals surface area contributed by atoms with Gasteiger partial charge in [-0.2, -0.15) is 0 Å². The van der Waals surface area contributed by atoms with Gasteiger partial charge in [0.05, 0.1) is 15.7 Å².